The molecule has 0 aliphatic carbocycles. The molecule has 0 fully saturated rings. The van der Waals surface area contributed by atoms with E-state index in [9.17, 15) is 4.79 Å². The molecule has 4 rings (SSSR count). The normalized spacial score (nSPS) is 10.6. The number of ether oxygens (including phenoxy) is 1. The number of rotatable bonds is 6. The minimum Gasteiger partial charge on any atom is -0.493 e. The molecule has 2 aromatic carbocycles. The molecule has 4 aromatic rings. The molecule has 1 amide bonds. The fraction of sp³-hybridized carbons (Fsp3) is 0.0909. The fourth-order valence-electron chi connectivity index (χ4n) is 2.90. The predicted molar refractivity (Wildman–Crippen MR) is 111 cm³/mol. The standard InChI is InChI=1S/C22H18N2O3S/c1-2-26-19-11-7-6-10-17(19)18-14-28-22(23-18)24-21(25)20-16(12-13-27-20)15-8-4-3-5-9-15/h3-14H,2H2,1H3,(H,23,24,25). The molecular formula is C22H18N2O3S. The molecule has 0 spiro atoms. The minimum absolute atomic E-state index is 0.262. The minimum atomic E-state index is -0.331. The first-order valence-electron chi connectivity index (χ1n) is 8.88. The van der Waals surface area contributed by atoms with Gasteiger partial charge in [-0.15, -0.1) is 11.3 Å². The number of hydrogen-bond donors (Lipinski definition) is 1. The van der Waals surface area contributed by atoms with Gasteiger partial charge in [0, 0.05) is 16.5 Å². The van der Waals surface area contributed by atoms with E-state index >= 15 is 0 Å². The molecule has 0 bridgehead atoms. The first kappa shape index (κ1) is 18.0. The van der Waals surface area contributed by atoms with E-state index in [4.69, 9.17) is 9.15 Å². The van der Waals surface area contributed by atoms with Crippen molar-refractivity contribution in [2.75, 3.05) is 11.9 Å². The summed E-state index contributed by atoms with van der Waals surface area (Å²) in [5.41, 5.74) is 3.32. The summed E-state index contributed by atoms with van der Waals surface area (Å²) in [5, 5.41) is 5.23. The number of hydrogen-bond acceptors (Lipinski definition) is 5. The Balaban J connectivity index is 1.56. The van der Waals surface area contributed by atoms with Gasteiger partial charge in [-0.2, -0.15) is 0 Å². The molecule has 6 heteroatoms. The lowest BCUT2D eigenvalue weighted by Gasteiger charge is -2.07. The summed E-state index contributed by atoms with van der Waals surface area (Å²) < 4.78 is 11.1. The Morgan fingerprint density at radius 1 is 1.07 bits per heavy atom. The number of para-hydroxylation sites is 1. The molecule has 1 N–H and O–H groups in total. The lowest BCUT2D eigenvalue weighted by molar-refractivity contribution is 0.0997. The Kier molecular flexibility index (Phi) is 5.21. The molecule has 0 atom stereocenters. The first-order chi connectivity index (χ1) is 13.8. The first-order valence-corrected chi connectivity index (χ1v) is 9.76. The fourth-order valence-corrected chi connectivity index (χ4v) is 3.60. The van der Waals surface area contributed by atoms with Crippen molar-refractivity contribution in [2.45, 2.75) is 6.92 Å². The molecule has 140 valence electrons. The molecule has 0 saturated heterocycles. The van der Waals surface area contributed by atoms with Crippen molar-refractivity contribution in [3.05, 3.63) is 78.1 Å². The molecular weight excluding hydrogens is 372 g/mol. The number of anilines is 1. The van der Waals surface area contributed by atoms with Crippen LogP contribution in [0.2, 0.25) is 0 Å². The monoisotopic (exact) mass is 390 g/mol. The third-order valence-electron chi connectivity index (χ3n) is 4.14. The number of nitrogens with zero attached hydrogens (tertiary/aromatic N) is 1. The zero-order valence-electron chi connectivity index (χ0n) is 15.2. The Morgan fingerprint density at radius 3 is 2.68 bits per heavy atom. The van der Waals surface area contributed by atoms with Crippen molar-refractivity contribution in [3.8, 4) is 28.1 Å². The summed E-state index contributed by atoms with van der Waals surface area (Å²) in [7, 11) is 0. The maximum Gasteiger partial charge on any atom is 0.293 e. The third-order valence-corrected chi connectivity index (χ3v) is 4.90. The van der Waals surface area contributed by atoms with Crippen LogP contribution in [-0.2, 0) is 0 Å². The van der Waals surface area contributed by atoms with E-state index < -0.39 is 0 Å². The average molecular weight is 390 g/mol. The second-order valence-corrected chi connectivity index (χ2v) is 6.81. The van der Waals surface area contributed by atoms with Crippen LogP contribution >= 0.6 is 11.3 Å². The molecule has 0 unspecified atom stereocenters. The molecule has 0 radical (unpaired) electrons. The number of carbonyl (C=O) groups excluding carboxylic acids is 1. The number of thiazole rings is 1. The highest BCUT2D eigenvalue weighted by molar-refractivity contribution is 7.14. The van der Waals surface area contributed by atoms with E-state index in [0.29, 0.717) is 11.7 Å². The smallest absolute Gasteiger partial charge is 0.293 e. The second kappa shape index (κ2) is 8.10. The van der Waals surface area contributed by atoms with Crippen molar-refractivity contribution >= 4 is 22.4 Å². The molecule has 2 aromatic heterocycles. The van der Waals surface area contributed by atoms with Gasteiger partial charge in [0.15, 0.2) is 10.9 Å². The highest BCUT2D eigenvalue weighted by atomic mass is 32.1. The van der Waals surface area contributed by atoms with Crippen LogP contribution in [0, 0.1) is 0 Å². The summed E-state index contributed by atoms with van der Waals surface area (Å²) in [4.78, 5) is 17.3. The number of nitrogens with one attached hydrogen (secondary N) is 1. The Labute approximate surface area is 166 Å². The summed E-state index contributed by atoms with van der Waals surface area (Å²) >= 11 is 1.36. The van der Waals surface area contributed by atoms with Crippen molar-refractivity contribution in [1.82, 2.24) is 4.98 Å². The Morgan fingerprint density at radius 2 is 1.86 bits per heavy atom. The Bertz CT molecular complexity index is 1090. The average Bonchev–Trinajstić information content (AvgIpc) is 3.39. The van der Waals surface area contributed by atoms with Crippen LogP contribution in [0.1, 0.15) is 17.5 Å². The molecule has 0 aliphatic heterocycles. The largest absolute Gasteiger partial charge is 0.493 e. The highest BCUT2D eigenvalue weighted by Crippen LogP contribution is 2.33. The van der Waals surface area contributed by atoms with Gasteiger partial charge in [-0.05, 0) is 30.7 Å². The van der Waals surface area contributed by atoms with Gasteiger partial charge in [0.2, 0.25) is 0 Å². The molecule has 2 heterocycles. The van der Waals surface area contributed by atoms with E-state index in [-0.39, 0.29) is 11.7 Å². The predicted octanol–water partition coefficient (Wildman–Crippen LogP) is 5.72. The molecule has 0 aliphatic rings. The van der Waals surface area contributed by atoms with E-state index in [1.54, 1.807) is 6.07 Å². The van der Waals surface area contributed by atoms with Crippen molar-refractivity contribution < 1.29 is 13.9 Å². The highest BCUT2D eigenvalue weighted by Gasteiger charge is 2.18. The van der Waals surface area contributed by atoms with Gasteiger partial charge in [-0.1, -0.05) is 42.5 Å². The lowest BCUT2D eigenvalue weighted by atomic mass is 10.1. The van der Waals surface area contributed by atoms with Gasteiger partial charge < -0.3 is 9.15 Å². The van der Waals surface area contributed by atoms with E-state index in [0.717, 1.165) is 28.1 Å². The van der Waals surface area contributed by atoms with Crippen LogP contribution in [0.5, 0.6) is 5.75 Å². The van der Waals surface area contributed by atoms with Gasteiger partial charge in [0.25, 0.3) is 5.91 Å². The number of carbonyl (C=O) groups is 1. The number of benzene rings is 2. The number of amides is 1. The van der Waals surface area contributed by atoms with Gasteiger partial charge in [0.05, 0.1) is 18.6 Å². The van der Waals surface area contributed by atoms with Gasteiger partial charge in [0.1, 0.15) is 5.75 Å². The van der Waals surface area contributed by atoms with Gasteiger partial charge >= 0.3 is 0 Å². The van der Waals surface area contributed by atoms with Crippen LogP contribution in [0.4, 0.5) is 5.13 Å². The summed E-state index contributed by atoms with van der Waals surface area (Å²) in [6, 6.07) is 19.2. The van der Waals surface area contributed by atoms with Crippen LogP contribution < -0.4 is 10.1 Å². The zero-order valence-corrected chi connectivity index (χ0v) is 16.0. The third kappa shape index (κ3) is 3.68. The van der Waals surface area contributed by atoms with Crippen molar-refractivity contribution in [1.29, 1.82) is 0 Å². The topological polar surface area (TPSA) is 64.4 Å². The van der Waals surface area contributed by atoms with Crippen LogP contribution in [0.15, 0.2) is 76.7 Å². The van der Waals surface area contributed by atoms with Gasteiger partial charge in [-0.3, -0.25) is 10.1 Å². The molecule has 28 heavy (non-hydrogen) atoms. The second-order valence-electron chi connectivity index (χ2n) is 5.95. The van der Waals surface area contributed by atoms with Crippen molar-refractivity contribution in [3.63, 3.8) is 0 Å². The van der Waals surface area contributed by atoms with Crippen LogP contribution in [-0.4, -0.2) is 17.5 Å². The zero-order chi connectivity index (χ0) is 19.3. The Hall–Kier alpha value is -3.38. The molecule has 0 saturated carbocycles. The van der Waals surface area contributed by atoms with Crippen LogP contribution in [0.3, 0.4) is 0 Å². The quantitative estimate of drug-likeness (QED) is 0.457. The SMILES string of the molecule is CCOc1ccccc1-c1csc(NC(=O)c2occc2-c2ccccc2)n1. The molecule has 5 nitrogen and oxygen atoms in total. The maximum atomic E-state index is 12.7. The van der Waals surface area contributed by atoms with Crippen LogP contribution in [0.25, 0.3) is 22.4 Å². The summed E-state index contributed by atoms with van der Waals surface area (Å²) in [5.74, 6) is 0.700. The van der Waals surface area contributed by atoms with E-state index in [1.807, 2.05) is 66.9 Å². The number of aromatic nitrogens is 1. The van der Waals surface area contributed by atoms with Crippen molar-refractivity contribution in [2.24, 2.45) is 0 Å². The van der Waals surface area contributed by atoms with E-state index in [1.165, 1.54) is 17.6 Å². The maximum absolute atomic E-state index is 12.7. The summed E-state index contributed by atoms with van der Waals surface area (Å²) in [6.07, 6.45) is 1.52. The lowest BCUT2D eigenvalue weighted by Crippen LogP contribution is -2.11. The van der Waals surface area contributed by atoms with E-state index in [2.05, 4.69) is 10.3 Å². The van der Waals surface area contributed by atoms with Gasteiger partial charge in [-0.25, -0.2) is 4.98 Å². The summed E-state index contributed by atoms with van der Waals surface area (Å²) in [6.45, 7) is 2.52. The number of furan rings is 1.